The molecule has 1 aliphatic heterocycles. The van der Waals surface area contributed by atoms with Gasteiger partial charge in [0.05, 0.1) is 0 Å². The molecular weight excluding hydrogens is 226 g/mol. The lowest BCUT2D eigenvalue weighted by atomic mass is 10.1. The molecule has 0 unspecified atom stereocenters. The van der Waals surface area contributed by atoms with E-state index >= 15 is 0 Å². The van der Waals surface area contributed by atoms with Crippen molar-refractivity contribution in [3.63, 3.8) is 0 Å². The Hall–Kier alpha value is -1.36. The van der Waals surface area contributed by atoms with Crippen LogP contribution in [0.2, 0.25) is 0 Å². The van der Waals surface area contributed by atoms with E-state index in [0.29, 0.717) is 12.1 Å². The summed E-state index contributed by atoms with van der Waals surface area (Å²) in [6, 6.07) is 3.15. The van der Waals surface area contributed by atoms with Gasteiger partial charge in [0.25, 0.3) is 0 Å². The molecule has 0 atom stereocenters. The first-order chi connectivity index (χ1) is 8.83. The third-order valence-electron chi connectivity index (χ3n) is 3.74. The lowest BCUT2D eigenvalue weighted by Crippen LogP contribution is -2.41. The van der Waals surface area contributed by atoms with Crippen LogP contribution in [-0.4, -0.2) is 42.2 Å². The normalized spacial score (nSPS) is 20.7. The third kappa shape index (κ3) is 2.72. The fraction of sp³-hybridized carbons (Fsp3) is 0.692. The van der Waals surface area contributed by atoms with Gasteiger partial charge in [-0.25, -0.2) is 4.98 Å². The highest BCUT2D eigenvalue weighted by atomic mass is 15.3. The lowest BCUT2D eigenvalue weighted by Gasteiger charge is -2.31. The van der Waals surface area contributed by atoms with E-state index in [1.54, 1.807) is 0 Å². The molecule has 1 aromatic rings. The molecule has 2 N–H and O–H groups in total. The minimum absolute atomic E-state index is 0.558. The van der Waals surface area contributed by atoms with Gasteiger partial charge in [0, 0.05) is 25.3 Å². The van der Waals surface area contributed by atoms with Crippen LogP contribution >= 0.6 is 0 Å². The molecule has 2 aliphatic rings. The van der Waals surface area contributed by atoms with Crippen LogP contribution < -0.4 is 15.5 Å². The topological polar surface area (TPSA) is 53.1 Å². The second kappa shape index (κ2) is 5.10. The molecular formula is C13H21N5. The summed E-state index contributed by atoms with van der Waals surface area (Å²) in [6.45, 7) is 2.18. The maximum Gasteiger partial charge on any atom is 0.227 e. The Labute approximate surface area is 108 Å². The van der Waals surface area contributed by atoms with Gasteiger partial charge < -0.3 is 15.5 Å². The van der Waals surface area contributed by atoms with Crippen molar-refractivity contribution < 1.29 is 0 Å². The molecule has 3 rings (SSSR count). The first-order valence-corrected chi connectivity index (χ1v) is 6.86. The quantitative estimate of drug-likeness (QED) is 0.838. The number of rotatable bonds is 4. The molecule has 18 heavy (non-hydrogen) atoms. The third-order valence-corrected chi connectivity index (χ3v) is 3.74. The molecule has 0 spiro atoms. The number of hydrogen-bond acceptors (Lipinski definition) is 5. The molecule has 2 fully saturated rings. The van der Waals surface area contributed by atoms with Crippen molar-refractivity contribution >= 4 is 11.8 Å². The van der Waals surface area contributed by atoms with E-state index in [1.165, 1.54) is 25.7 Å². The average molecular weight is 247 g/mol. The molecule has 0 radical (unpaired) electrons. The Morgan fingerprint density at radius 1 is 1.28 bits per heavy atom. The maximum absolute atomic E-state index is 4.61. The lowest BCUT2D eigenvalue weighted by molar-refractivity contribution is 0.440. The summed E-state index contributed by atoms with van der Waals surface area (Å²) in [7, 11) is 2.10. The van der Waals surface area contributed by atoms with Crippen LogP contribution in [0.1, 0.15) is 25.7 Å². The maximum atomic E-state index is 4.61. The summed E-state index contributed by atoms with van der Waals surface area (Å²) in [5.41, 5.74) is 0. The first kappa shape index (κ1) is 11.7. The Morgan fingerprint density at radius 3 is 2.78 bits per heavy atom. The number of hydrogen-bond donors (Lipinski definition) is 2. The molecule has 5 heteroatoms. The zero-order chi connectivity index (χ0) is 12.4. The summed E-state index contributed by atoms with van der Waals surface area (Å²) in [6.07, 6.45) is 6.72. The van der Waals surface area contributed by atoms with Crippen molar-refractivity contribution in [3.05, 3.63) is 12.3 Å². The number of nitrogens with zero attached hydrogens (tertiary/aromatic N) is 3. The van der Waals surface area contributed by atoms with Crippen LogP contribution in [0.5, 0.6) is 0 Å². The molecule has 0 amide bonds. The number of anilines is 2. The molecule has 1 saturated carbocycles. The molecule has 0 aromatic carbocycles. The fourth-order valence-corrected chi connectivity index (χ4v) is 2.39. The Balaban J connectivity index is 1.69. The minimum Gasteiger partial charge on any atom is -0.367 e. The zero-order valence-corrected chi connectivity index (χ0v) is 10.9. The Bertz CT molecular complexity index is 398. The van der Waals surface area contributed by atoms with Gasteiger partial charge in [-0.3, -0.25) is 0 Å². The molecule has 0 bridgehead atoms. The SMILES string of the molecule is CN(c1nccc(NC2CC2)n1)C1CCNCC1. The van der Waals surface area contributed by atoms with Crippen molar-refractivity contribution in [1.82, 2.24) is 15.3 Å². The van der Waals surface area contributed by atoms with Crippen molar-refractivity contribution in [1.29, 1.82) is 0 Å². The monoisotopic (exact) mass is 247 g/mol. The van der Waals surface area contributed by atoms with E-state index < -0.39 is 0 Å². The molecule has 98 valence electrons. The van der Waals surface area contributed by atoms with Crippen LogP contribution in [-0.2, 0) is 0 Å². The van der Waals surface area contributed by atoms with Crippen LogP contribution in [0.4, 0.5) is 11.8 Å². The smallest absolute Gasteiger partial charge is 0.227 e. The summed E-state index contributed by atoms with van der Waals surface area (Å²) >= 11 is 0. The molecule has 2 heterocycles. The van der Waals surface area contributed by atoms with E-state index in [2.05, 4.69) is 32.5 Å². The zero-order valence-electron chi connectivity index (χ0n) is 10.9. The van der Waals surface area contributed by atoms with E-state index in [9.17, 15) is 0 Å². The van der Waals surface area contributed by atoms with Gasteiger partial charge in [-0.05, 0) is 44.8 Å². The summed E-state index contributed by atoms with van der Waals surface area (Å²) in [5.74, 6) is 1.80. The summed E-state index contributed by atoms with van der Waals surface area (Å²) in [5, 5.41) is 6.81. The highest BCUT2D eigenvalue weighted by molar-refractivity contribution is 5.43. The average Bonchev–Trinajstić information content (AvgIpc) is 3.23. The van der Waals surface area contributed by atoms with Gasteiger partial charge in [-0.15, -0.1) is 0 Å². The second-order valence-corrected chi connectivity index (χ2v) is 5.25. The Morgan fingerprint density at radius 2 is 2.06 bits per heavy atom. The molecule has 1 aromatic heterocycles. The molecule has 1 aliphatic carbocycles. The first-order valence-electron chi connectivity index (χ1n) is 6.86. The summed E-state index contributed by atoms with van der Waals surface area (Å²) < 4.78 is 0. The van der Waals surface area contributed by atoms with Crippen LogP contribution in [0.25, 0.3) is 0 Å². The van der Waals surface area contributed by atoms with Gasteiger partial charge in [0.2, 0.25) is 5.95 Å². The van der Waals surface area contributed by atoms with E-state index in [-0.39, 0.29) is 0 Å². The predicted molar refractivity (Wildman–Crippen MR) is 73.0 cm³/mol. The van der Waals surface area contributed by atoms with Crippen molar-refractivity contribution in [2.45, 2.75) is 37.8 Å². The van der Waals surface area contributed by atoms with Crippen molar-refractivity contribution in [2.75, 3.05) is 30.4 Å². The largest absolute Gasteiger partial charge is 0.367 e. The predicted octanol–water partition coefficient (Wildman–Crippen LogP) is 1.24. The van der Waals surface area contributed by atoms with E-state index in [0.717, 1.165) is 24.9 Å². The van der Waals surface area contributed by atoms with Crippen molar-refractivity contribution in [3.8, 4) is 0 Å². The van der Waals surface area contributed by atoms with E-state index in [1.807, 2.05) is 12.3 Å². The molecule has 5 nitrogen and oxygen atoms in total. The number of piperidine rings is 1. The standard InChI is InChI=1S/C13H21N5/c1-18(11-4-7-14-8-5-11)13-15-9-6-12(17-13)16-10-2-3-10/h6,9-11,14H,2-5,7-8H2,1H3,(H,15,16,17). The highest BCUT2D eigenvalue weighted by Gasteiger charge is 2.23. The van der Waals surface area contributed by atoms with E-state index in [4.69, 9.17) is 0 Å². The van der Waals surface area contributed by atoms with Gasteiger partial charge in [0.15, 0.2) is 0 Å². The summed E-state index contributed by atoms with van der Waals surface area (Å²) in [4.78, 5) is 11.2. The number of nitrogens with one attached hydrogen (secondary N) is 2. The second-order valence-electron chi connectivity index (χ2n) is 5.25. The highest BCUT2D eigenvalue weighted by Crippen LogP contribution is 2.24. The van der Waals surface area contributed by atoms with Crippen LogP contribution in [0.15, 0.2) is 12.3 Å². The van der Waals surface area contributed by atoms with Crippen LogP contribution in [0.3, 0.4) is 0 Å². The van der Waals surface area contributed by atoms with Gasteiger partial charge in [-0.1, -0.05) is 0 Å². The fourth-order valence-electron chi connectivity index (χ4n) is 2.39. The number of aromatic nitrogens is 2. The Kier molecular flexibility index (Phi) is 3.32. The van der Waals surface area contributed by atoms with Crippen LogP contribution in [0, 0.1) is 0 Å². The van der Waals surface area contributed by atoms with Crippen molar-refractivity contribution in [2.24, 2.45) is 0 Å². The minimum atomic E-state index is 0.558. The van der Waals surface area contributed by atoms with Gasteiger partial charge in [0.1, 0.15) is 5.82 Å². The van der Waals surface area contributed by atoms with Gasteiger partial charge in [-0.2, -0.15) is 4.98 Å². The molecule has 1 saturated heterocycles. The van der Waals surface area contributed by atoms with Gasteiger partial charge >= 0.3 is 0 Å².